The molecule has 1 fully saturated rings. The van der Waals surface area contributed by atoms with Gasteiger partial charge in [-0.05, 0) is 57.4 Å². The van der Waals surface area contributed by atoms with Gasteiger partial charge in [0.25, 0.3) is 0 Å². The number of thiophene rings is 1. The standard InChI is InChI=1S/C13H21N3O2S/c1-15-6-3-11(4-7-15)2-5-14-9-12-8-13(16(17)18)19-10-12/h8,10-11,14H,2-7,9H2,1H3. The molecule has 1 saturated heterocycles. The highest BCUT2D eigenvalue weighted by atomic mass is 32.1. The molecule has 0 aliphatic carbocycles. The summed E-state index contributed by atoms with van der Waals surface area (Å²) in [6.45, 7) is 4.15. The lowest BCUT2D eigenvalue weighted by atomic mass is 9.94. The minimum absolute atomic E-state index is 0.229. The van der Waals surface area contributed by atoms with Crippen molar-refractivity contribution in [2.75, 3.05) is 26.7 Å². The molecule has 0 bridgehead atoms. The van der Waals surface area contributed by atoms with Gasteiger partial charge >= 0.3 is 5.00 Å². The molecule has 0 amide bonds. The van der Waals surface area contributed by atoms with Crippen LogP contribution in [0, 0.1) is 16.0 Å². The number of nitrogens with zero attached hydrogens (tertiary/aromatic N) is 2. The molecule has 0 spiro atoms. The number of nitro groups is 1. The molecule has 2 rings (SSSR count). The van der Waals surface area contributed by atoms with Crippen LogP contribution in [0.25, 0.3) is 0 Å². The van der Waals surface area contributed by atoms with Crippen molar-refractivity contribution in [3.8, 4) is 0 Å². The molecule has 1 aliphatic rings. The van der Waals surface area contributed by atoms with Gasteiger partial charge in [0.15, 0.2) is 0 Å². The molecule has 1 aliphatic heterocycles. The van der Waals surface area contributed by atoms with Crippen molar-refractivity contribution in [2.45, 2.75) is 25.8 Å². The Kier molecular flexibility index (Phi) is 5.30. The van der Waals surface area contributed by atoms with E-state index in [1.54, 1.807) is 6.07 Å². The summed E-state index contributed by atoms with van der Waals surface area (Å²) in [6.07, 6.45) is 3.80. The van der Waals surface area contributed by atoms with Gasteiger partial charge in [-0.15, -0.1) is 0 Å². The second kappa shape index (κ2) is 6.98. The predicted molar refractivity (Wildman–Crippen MR) is 77.5 cm³/mol. The average molecular weight is 283 g/mol. The smallest absolute Gasteiger partial charge is 0.313 e. The van der Waals surface area contributed by atoms with Gasteiger partial charge in [-0.2, -0.15) is 0 Å². The van der Waals surface area contributed by atoms with Crippen LogP contribution in [0.2, 0.25) is 0 Å². The predicted octanol–water partition coefficient (Wildman–Crippen LogP) is 2.48. The van der Waals surface area contributed by atoms with Crippen LogP contribution in [0.5, 0.6) is 0 Å². The third-order valence-electron chi connectivity index (χ3n) is 3.72. The monoisotopic (exact) mass is 283 g/mol. The van der Waals surface area contributed by atoms with Gasteiger partial charge in [0.05, 0.1) is 4.92 Å². The van der Waals surface area contributed by atoms with Gasteiger partial charge < -0.3 is 10.2 Å². The van der Waals surface area contributed by atoms with Gasteiger partial charge in [-0.25, -0.2) is 0 Å². The second-order valence-electron chi connectivity index (χ2n) is 5.26. The van der Waals surface area contributed by atoms with Crippen LogP contribution in [0.4, 0.5) is 5.00 Å². The van der Waals surface area contributed by atoms with Crippen LogP contribution in [-0.4, -0.2) is 36.5 Å². The Labute approximate surface area is 117 Å². The van der Waals surface area contributed by atoms with E-state index in [2.05, 4.69) is 17.3 Å². The molecule has 6 heteroatoms. The molecule has 1 N–H and O–H groups in total. The lowest BCUT2D eigenvalue weighted by Gasteiger charge is -2.28. The Hall–Kier alpha value is -0.980. The fourth-order valence-corrected chi connectivity index (χ4v) is 3.17. The number of rotatable bonds is 6. The van der Waals surface area contributed by atoms with E-state index < -0.39 is 0 Å². The Morgan fingerprint density at radius 2 is 2.26 bits per heavy atom. The summed E-state index contributed by atoms with van der Waals surface area (Å²) in [5, 5.41) is 16.0. The molecule has 106 valence electrons. The highest BCUT2D eigenvalue weighted by Crippen LogP contribution is 2.22. The highest BCUT2D eigenvalue weighted by Gasteiger charge is 2.16. The Balaban J connectivity index is 1.62. The van der Waals surface area contributed by atoms with E-state index in [0.29, 0.717) is 0 Å². The maximum Gasteiger partial charge on any atom is 0.324 e. The van der Waals surface area contributed by atoms with Crippen molar-refractivity contribution < 1.29 is 4.92 Å². The summed E-state index contributed by atoms with van der Waals surface area (Å²) in [5.74, 6) is 0.834. The summed E-state index contributed by atoms with van der Waals surface area (Å²) in [5.41, 5.74) is 1.01. The fraction of sp³-hybridized carbons (Fsp3) is 0.692. The molecule has 19 heavy (non-hydrogen) atoms. The van der Waals surface area contributed by atoms with Crippen molar-refractivity contribution in [3.05, 3.63) is 27.1 Å². The number of nitrogens with one attached hydrogen (secondary N) is 1. The van der Waals surface area contributed by atoms with E-state index in [9.17, 15) is 10.1 Å². The van der Waals surface area contributed by atoms with Crippen LogP contribution in [0.15, 0.2) is 11.4 Å². The molecular weight excluding hydrogens is 262 g/mol. The van der Waals surface area contributed by atoms with Crippen LogP contribution >= 0.6 is 11.3 Å². The summed E-state index contributed by atoms with van der Waals surface area (Å²) in [6, 6.07) is 1.66. The molecule has 0 saturated carbocycles. The Morgan fingerprint density at radius 3 is 2.89 bits per heavy atom. The zero-order chi connectivity index (χ0) is 13.7. The first-order valence-corrected chi connectivity index (χ1v) is 7.64. The van der Waals surface area contributed by atoms with Crippen molar-refractivity contribution >= 4 is 16.3 Å². The molecule has 5 nitrogen and oxygen atoms in total. The molecule has 0 atom stereocenters. The van der Waals surface area contributed by atoms with E-state index in [4.69, 9.17) is 0 Å². The first-order valence-electron chi connectivity index (χ1n) is 6.76. The van der Waals surface area contributed by atoms with Gasteiger partial charge in [0, 0.05) is 18.0 Å². The number of hydrogen-bond acceptors (Lipinski definition) is 5. The van der Waals surface area contributed by atoms with Crippen molar-refractivity contribution in [1.29, 1.82) is 0 Å². The van der Waals surface area contributed by atoms with E-state index >= 15 is 0 Å². The highest BCUT2D eigenvalue weighted by molar-refractivity contribution is 7.13. The number of likely N-dealkylation sites (tertiary alicyclic amines) is 1. The minimum Gasteiger partial charge on any atom is -0.313 e. The lowest BCUT2D eigenvalue weighted by Crippen LogP contribution is -2.31. The summed E-state index contributed by atoms with van der Waals surface area (Å²) < 4.78 is 0. The zero-order valence-corrected chi connectivity index (χ0v) is 12.1. The van der Waals surface area contributed by atoms with E-state index in [0.717, 1.165) is 24.6 Å². The quantitative estimate of drug-likeness (QED) is 0.495. The van der Waals surface area contributed by atoms with Gasteiger partial charge in [0.2, 0.25) is 0 Å². The van der Waals surface area contributed by atoms with Crippen molar-refractivity contribution in [3.63, 3.8) is 0 Å². The van der Waals surface area contributed by atoms with Crippen molar-refractivity contribution in [2.24, 2.45) is 5.92 Å². The fourth-order valence-electron chi connectivity index (χ4n) is 2.44. The Bertz CT molecular complexity index is 414. The van der Waals surface area contributed by atoms with Crippen LogP contribution in [0.3, 0.4) is 0 Å². The van der Waals surface area contributed by atoms with Crippen molar-refractivity contribution in [1.82, 2.24) is 10.2 Å². The molecule has 1 aromatic rings. The molecular formula is C13H21N3O2S. The summed E-state index contributed by atoms with van der Waals surface area (Å²) >= 11 is 1.20. The third kappa shape index (κ3) is 4.56. The Morgan fingerprint density at radius 1 is 1.53 bits per heavy atom. The SMILES string of the molecule is CN1CCC(CCNCc2csc([N+](=O)[O-])c2)CC1. The number of piperidine rings is 1. The van der Waals surface area contributed by atoms with Gasteiger partial charge in [-0.3, -0.25) is 10.1 Å². The molecule has 2 heterocycles. The van der Waals surface area contributed by atoms with Crippen LogP contribution in [-0.2, 0) is 6.54 Å². The van der Waals surface area contributed by atoms with E-state index in [-0.39, 0.29) is 9.92 Å². The molecule has 0 aromatic carbocycles. The third-order valence-corrected chi connectivity index (χ3v) is 4.65. The largest absolute Gasteiger partial charge is 0.324 e. The summed E-state index contributed by atoms with van der Waals surface area (Å²) in [4.78, 5) is 12.6. The van der Waals surface area contributed by atoms with Crippen LogP contribution in [0.1, 0.15) is 24.8 Å². The van der Waals surface area contributed by atoms with E-state index in [1.807, 2.05) is 5.38 Å². The van der Waals surface area contributed by atoms with Gasteiger partial charge in [0.1, 0.15) is 0 Å². The normalized spacial score (nSPS) is 17.7. The number of hydrogen-bond donors (Lipinski definition) is 1. The van der Waals surface area contributed by atoms with Crippen LogP contribution < -0.4 is 5.32 Å². The topological polar surface area (TPSA) is 58.4 Å². The zero-order valence-electron chi connectivity index (χ0n) is 11.3. The maximum atomic E-state index is 10.6. The van der Waals surface area contributed by atoms with E-state index in [1.165, 1.54) is 43.7 Å². The summed E-state index contributed by atoms with van der Waals surface area (Å²) in [7, 11) is 2.18. The average Bonchev–Trinajstić information content (AvgIpc) is 2.86. The molecule has 0 radical (unpaired) electrons. The molecule has 0 unspecified atom stereocenters. The lowest BCUT2D eigenvalue weighted by molar-refractivity contribution is -0.380. The second-order valence-corrected chi connectivity index (χ2v) is 6.15. The first kappa shape index (κ1) is 14.4. The minimum atomic E-state index is -0.327. The molecule has 1 aromatic heterocycles. The van der Waals surface area contributed by atoms with Gasteiger partial charge in [-0.1, -0.05) is 11.3 Å². The first-order chi connectivity index (χ1) is 9.15. The maximum absolute atomic E-state index is 10.6.